The summed E-state index contributed by atoms with van der Waals surface area (Å²) in [5.74, 6) is 0.0618. The highest BCUT2D eigenvalue weighted by Crippen LogP contribution is 2.27. The summed E-state index contributed by atoms with van der Waals surface area (Å²) >= 11 is 0. The highest BCUT2D eigenvalue weighted by Gasteiger charge is 2.38. The molecule has 7 heteroatoms. The van der Waals surface area contributed by atoms with Gasteiger partial charge < -0.3 is 10.2 Å². The first-order chi connectivity index (χ1) is 11.6. The highest BCUT2D eigenvalue weighted by molar-refractivity contribution is 5.93. The number of nitrogens with zero attached hydrogens (tertiary/aromatic N) is 5. The third-order valence-corrected chi connectivity index (χ3v) is 5.98. The van der Waals surface area contributed by atoms with Crippen LogP contribution in [-0.2, 0) is 0 Å². The molecule has 2 unspecified atom stereocenters. The predicted molar refractivity (Wildman–Crippen MR) is 91.0 cm³/mol. The van der Waals surface area contributed by atoms with Crippen molar-refractivity contribution in [2.24, 2.45) is 0 Å². The summed E-state index contributed by atoms with van der Waals surface area (Å²) in [5, 5.41) is 12.0. The lowest BCUT2D eigenvalue weighted by Crippen LogP contribution is -2.56. The van der Waals surface area contributed by atoms with Crippen LogP contribution in [0.4, 0.5) is 0 Å². The van der Waals surface area contributed by atoms with E-state index in [1.54, 1.807) is 0 Å². The Morgan fingerprint density at radius 2 is 1.96 bits per heavy atom. The predicted octanol–water partition coefficient (Wildman–Crippen LogP) is 0.820. The Labute approximate surface area is 143 Å². The van der Waals surface area contributed by atoms with Crippen molar-refractivity contribution in [3.05, 3.63) is 11.4 Å². The fourth-order valence-corrected chi connectivity index (χ4v) is 4.54. The van der Waals surface area contributed by atoms with Gasteiger partial charge in [-0.05, 0) is 59.2 Å². The zero-order chi connectivity index (χ0) is 16.7. The van der Waals surface area contributed by atoms with Gasteiger partial charge in [0.15, 0.2) is 5.69 Å². The Morgan fingerprint density at radius 1 is 1.17 bits per heavy atom. The van der Waals surface area contributed by atoms with Crippen molar-refractivity contribution in [1.29, 1.82) is 0 Å². The van der Waals surface area contributed by atoms with Crippen molar-refractivity contribution in [1.82, 2.24) is 30.1 Å². The number of aromatic nitrogens is 3. The Kier molecular flexibility index (Phi) is 4.30. The van der Waals surface area contributed by atoms with Gasteiger partial charge in [-0.15, -0.1) is 5.10 Å². The van der Waals surface area contributed by atoms with Gasteiger partial charge in [0.25, 0.3) is 5.91 Å². The summed E-state index contributed by atoms with van der Waals surface area (Å²) in [5.41, 5.74) is 1.47. The maximum atomic E-state index is 13.1. The minimum atomic E-state index is 0.0618. The lowest BCUT2D eigenvalue weighted by molar-refractivity contribution is 0.0389. The number of carbonyl (C=O) groups excluding carboxylic acids is 1. The molecular weight excluding hydrogens is 304 g/mol. The Balaban J connectivity index is 1.52. The molecule has 0 aliphatic carbocycles. The standard InChI is InChI=1S/C17H28N6O/c1-12-10-21-9-3-4-15(21)11-22(12)17(24)16-13(2)23(20-19-16)14-5-7-18-8-6-14/h12,14-15,18H,3-11H2,1-2H3. The second-order valence-corrected chi connectivity index (χ2v) is 7.55. The van der Waals surface area contributed by atoms with Gasteiger partial charge in [-0.25, -0.2) is 4.68 Å². The monoisotopic (exact) mass is 332 g/mol. The molecular formula is C17H28N6O. The van der Waals surface area contributed by atoms with Crippen LogP contribution in [0.3, 0.4) is 0 Å². The van der Waals surface area contributed by atoms with Crippen LogP contribution in [0, 0.1) is 6.92 Å². The molecule has 0 spiro atoms. The number of amides is 1. The average Bonchev–Trinajstić information content (AvgIpc) is 3.20. The molecule has 3 fully saturated rings. The second kappa shape index (κ2) is 6.44. The fraction of sp³-hybridized carbons (Fsp3) is 0.824. The number of piperazine rings is 1. The summed E-state index contributed by atoms with van der Waals surface area (Å²) in [6.07, 6.45) is 4.56. The molecule has 0 radical (unpaired) electrons. The fourth-order valence-electron chi connectivity index (χ4n) is 4.54. The SMILES string of the molecule is Cc1c(C(=O)N2CC3CCCN3CC2C)nnn1C1CCNCC1. The topological polar surface area (TPSA) is 66.3 Å². The summed E-state index contributed by atoms with van der Waals surface area (Å²) in [6, 6.07) is 1.14. The van der Waals surface area contributed by atoms with Gasteiger partial charge in [0, 0.05) is 25.2 Å². The molecule has 4 heterocycles. The van der Waals surface area contributed by atoms with Crippen molar-refractivity contribution in [2.45, 2.75) is 57.7 Å². The summed E-state index contributed by atoms with van der Waals surface area (Å²) in [7, 11) is 0. The molecule has 0 saturated carbocycles. The minimum Gasteiger partial charge on any atom is -0.332 e. The molecule has 7 nitrogen and oxygen atoms in total. The highest BCUT2D eigenvalue weighted by atomic mass is 16.2. The lowest BCUT2D eigenvalue weighted by Gasteiger charge is -2.42. The Hall–Kier alpha value is -1.47. The first kappa shape index (κ1) is 16.0. The smallest absolute Gasteiger partial charge is 0.276 e. The summed E-state index contributed by atoms with van der Waals surface area (Å²) in [4.78, 5) is 17.7. The first-order valence-electron chi connectivity index (χ1n) is 9.32. The molecule has 1 aromatic rings. The second-order valence-electron chi connectivity index (χ2n) is 7.55. The van der Waals surface area contributed by atoms with Crippen LogP contribution in [0.25, 0.3) is 0 Å². The van der Waals surface area contributed by atoms with E-state index in [9.17, 15) is 4.79 Å². The van der Waals surface area contributed by atoms with E-state index in [1.807, 2.05) is 16.5 Å². The van der Waals surface area contributed by atoms with E-state index < -0.39 is 0 Å². The molecule has 1 amide bonds. The van der Waals surface area contributed by atoms with Crippen LogP contribution in [-0.4, -0.2) is 75.5 Å². The molecule has 1 N–H and O–H groups in total. The van der Waals surface area contributed by atoms with Crippen molar-refractivity contribution in [3.8, 4) is 0 Å². The number of nitrogens with one attached hydrogen (secondary N) is 1. The average molecular weight is 332 g/mol. The van der Waals surface area contributed by atoms with Gasteiger partial charge >= 0.3 is 0 Å². The van der Waals surface area contributed by atoms with Gasteiger partial charge in [0.2, 0.25) is 0 Å². The van der Waals surface area contributed by atoms with Crippen LogP contribution >= 0.6 is 0 Å². The molecule has 3 aliphatic heterocycles. The molecule has 0 aromatic carbocycles. The first-order valence-corrected chi connectivity index (χ1v) is 9.32. The number of piperidine rings is 1. The molecule has 132 valence electrons. The number of hydrogen-bond acceptors (Lipinski definition) is 5. The van der Waals surface area contributed by atoms with Crippen LogP contribution in [0.1, 0.15) is 54.8 Å². The van der Waals surface area contributed by atoms with E-state index in [-0.39, 0.29) is 11.9 Å². The summed E-state index contributed by atoms with van der Waals surface area (Å²) < 4.78 is 1.98. The third kappa shape index (κ3) is 2.73. The van der Waals surface area contributed by atoms with Gasteiger partial charge in [-0.2, -0.15) is 0 Å². The number of rotatable bonds is 2. The van der Waals surface area contributed by atoms with Gasteiger partial charge in [-0.1, -0.05) is 5.21 Å². The maximum absolute atomic E-state index is 13.1. The third-order valence-electron chi connectivity index (χ3n) is 5.98. The number of hydrogen-bond donors (Lipinski definition) is 1. The number of fused-ring (bicyclic) bond motifs is 1. The zero-order valence-electron chi connectivity index (χ0n) is 14.7. The lowest BCUT2D eigenvalue weighted by atomic mass is 10.1. The van der Waals surface area contributed by atoms with Crippen LogP contribution < -0.4 is 5.32 Å². The molecule has 1 aromatic heterocycles. The molecule has 2 atom stereocenters. The maximum Gasteiger partial charge on any atom is 0.276 e. The Morgan fingerprint density at radius 3 is 2.75 bits per heavy atom. The van der Waals surface area contributed by atoms with Crippen LogP contribution in [0.2, 0.25) is 0 Å². The summed E-state index contributed by atoms with van der Waals surface area (Å²) in [6.45, 7) is 9.16. The van der Waals surface area contributed by atoms with E-state index in [1.165, 1.54) is 19.4 Å². The van der Waals surface area contributed by atoms with Crippen molar-refractivity contribution < 1.29 is 4.79 Å². The van der Waals surface area contributed by atoms with Crippen molar-refractivity contribution in [2.75, 3.05) is 32.7 Å². The van der Waals surface area contributed by atoms with Crippen molar-refractivity contribution in [3.63, 3.8) is 0 Å². The zero-order valence-corrected chi connectivity index (χ0v) is 14.7. The van der Waals surface area contributed by atoms with E-state index in [0.717, 1.165) is 44.7 Å². The molecule has 4 rings (SSSR count). The molecule has 3 saturated heterocycles. The molecule has 3 aliphatic rings. The van der Waals surface area contributed by atoms with E-state index >= 15 is 0 Å². The van der Waals surface area contributed by atoms with E-state index in [2.05, 4.69) is 27.5 Å². The van der Waals surface area contributed by atoms with Gasteiger partial charge in [0.1, 0.15) is 0 Å². The number of carbonyl (C=O) groups is 1. The molecule has 24 heavy (non-hydrogen) atoms. The van der Waals surface area contributed by atoms with Gasteiger partial charge in [-0.3, -0.25) is 9.69 Å². The van der Waals surface area contributed by atoms with Crippen molar-refractivity contribution >= 4 is 5.91 Å². The molecule has 0 bridgehead atoms. The van der Waals surface area contributed by atoms with E-state index in [4.69, 9.17) is 0 Å². The minimum absolute atomic E-state index is 0.0618. The normalized spacial score (nSPS) is 29.0. The van der Waals surface area contributed by atoms with Crippen LogP contribution in [0.5, 0.6) is 0 Å². The Bertz CT molecular complexity index is 608. The van der Waals surface area contributed by atoms with Gasteiger partial charge in [0.05, 0.1) is 11.7 Å². The largest absolute Gasteiger partial charge is 0.332 e. The quantitative estimate of drug-likeness (QED) is 0.868. The van der Waals surface area contributed by atoms with Crippen LogP contribution in [0.15, 0.2) is 0 Å². The van der Waals surface area contributed by atoms with E-state index in [0.29, 0.717) is 17.8 Å².